The highest BCUT2D eigenvalue weighted by atomic mass is 16.3. The summed E-state index contributed by atoms with van der Waals surface area (Å²) in [5.74, 6) is -0.434. The van der Waals surface area contributed by atoms with Gasteiger partial charge in [0, 0.05) is 12.1 Å². The van der Waals surface area contributed by atoms with E-state index in [1.54, 1.807) is 12.1 Å². The molecule has 0 atom stereocenters. The van der Waals surface area contributed by atoms with Crippen LogP contribution in [0.5, 0.6) is 0 Å². The van der Waals surface area contributed by atoms with Gasteiger partial charge < -0.3 is 20.0 Å². The van der Waals surface area contributed by atoms with Gasteiger partial charge in [-0.3, -0.25) is 9.59 Å². The second kappa shape index (κ2) is 9.64. The molecular formula is C19H26N3O3+. The highest BCUT2D eigenvalue weighted by molar-refractivity contribution is 5.94. The van der Waals surface area contributed by atoms with Gasteiger partial charge in [-0.05, 0) is 31.5 Å². The molecule has 2 aromatic rings. The van der Waals surface area contributed by atoms with Crippen molar-refractivity contribution in [1.82, 2.24) is 10.6 Å². The van der Waals surface area contributed by atoms with Gasteiger partial charge in [0.15, 0.2) is 5.76 Å². The molecule has 0 saturated heterocycles. The van der Waals surface area contributed by atoms with Crippen molar-refractivity contribution >= 4 is 11.8 Å². The van der Waals surface area contributed by atoms with Crippen LogP contribution in [0, 0.1) is 0 Å². The molecule has 25 heavy (non-hydrogen) atoms. The zero-order valence-electron chi connectivity index (χ0n) is 14.8. The molecule has 0 unspecified atom stereocenters. The van der Waals surface area contributed by atoms with Gasteiger partial charge in [-0.25, -0.2) is 0 Å². The van der Waals surface area contributed by atoms with Gasteiger partial charge in [0.2, 0.25) is 5.91 Å². The van der Waals surface area contributed by atoms with E-state index in [0.717, 1.165) is 25.2 Å². The number of nitrogens with one attached hydrogen (secondary N) is 3. The van der Waals surface area contributed by atoms with Crippen LogP contribution in [0.3, 0.4) is 0 Å². The Morgan fingerprint density at radius 3 is 2.36 bits per heavy atom. The van der Waals surface area contributed by atoms with Crippen molar-refractivity contribution in [3.63, 3.8) is 0 Å². The minimum Gasteiger partial charge on any atom is -0.459 e. The van der Waals surface area contributed by atoms with E-state index in [1.165, 1.54) is 16.7 Å². The van der Waals surface area contributed by atoms with Crippen molar-refractivity contribution in [2.24, 2.45) is 0 Å². The molecule has 6 heteroatoms. The average molecular weight is 344 g/mol. The van der Waals surface area contributed by atoms with Crippen molar-refractivity contribution in [3.05, 3.63) is 59.5 Å². The molecule has 0 saturated carbocycles. The molecule has 1 heterocycles. The molecule has 1 aromatic carbocycles. The Labute approximate surface area is 148 Å². The lowest BCUT2D eigenvalue weighted by Gasteiger charge is -2.18. The summed E-state index contributed by atoms with van der Waals surface area (Å²) in [5, 5.41) is 5.39. The minimum atomic E-state index is -0.398. The Hall–Kier alpha value is -2.60. The monoisotopic (exact) mass is 344 g/mol. The maximum atomic E-state index is 12.0. The van der Waals surface area contributed by atoms with E-state index in [1.807, 2.05) is 18.2 Å². The third-order valence-electron chi connectivity index (χ3n) is 4.19. The van der Waals surface area contributed by atoms with Crippen molar-refractivity contribution in [2.75, 3.05) is 19.6 Å². The molecular weight excluding hydrogens is 318 g/mol. The van der Waals surface area contributed by atoms with Crippen LogP contribution >= 0.6 is 0 Å². The zero-order chi connectivity index (χ0) is 18.1. The molecule has 2 amide bonds. The summed E-state index contributed by atoms with van der Waals surface area (Å²) in [4.78, 5) is 25.2. The molecule has 3 N–H and O–H groups in total. The fourth-order valence-electron chi connectivity index (χ4n) is 2.58. The van der Waals surface area contributed by atoms with Gasteiger partial charge in [0.25, 0.3) is 5.91 Å². The summed E-state index contributed by atoms with van der Waals surface area (Å²) in [6.07, 6.45) is 1.42. The molecule has 0 fully saturated rings. The molecule has 0 aliphatic carbocycles. The first-order valence-electron chi connectivity index (χ1n) is 8.62. The molecule has 0 aliphatic rings. The van der Waals surface area contributed by atoms with Crippen LogP contribution < -0.4 is 15.5 Å². The van der Waals surface area contributed by atoms with Crippen LogP contribution in [0.1, 0.15) is 35.5 Å². The molecule has 134 valence electrons. The summed E-state index contributed by atoms with van der Waals surface area (Å²) in [5.41, 5.74) is 2.34. The number of carbonyl (C=O) groups excluding carboxylic acids is 2. The molecule has 0 radical (unpaired) electrons. The zero-order valence-corrected chi connectivity index (χ0v) is 14.8. The highest BCUT2D eigenvalue weighted by Crippen LogP contribution is 2.07. The van der Waals surface area contributed by atoms with Crippen molar-refractivity contribution < 1.29 is 18.9 Å². The van der Waals surface area contributed by atoms with Crippen LogP contribution in [-0.2, 0) is 17.9 Å². The molecule has 6 nitrogen and oxygen atoms in total. The number of carbonyl (C=O) groups is 2. The summed E-state index contributed by atoms with van der Waals surface area (Å²) in [6.45, 7) is 7.78. The number of rotatable bonds is 9. The summed E-state index contributed by atoms with van der Waals surface area (Å²) in [6, 6.07) is 11.3. The van der Waals surface area contributed by atoms with Gasteiger partial charge in [-0.15, -0.1) is 0 Å². The lowest BCUT2D eigenvalue weighted by molar-refractivity contribution is -0.910. The third-order valence-corrected chi connectivity index (χ3v) is 4.19. The van der Waals surface area contributed by atoms with Gasteiger partial charge in [-0.2, -0.15) is 0 Å². The van der Waals surface area contributed by atoms with E-state index in [-0.39, 0.29) is 18.2 Å². The smallest absolute Gasteiger partial charge is 0.287 e. The van der Waals surface area contributed by atoms with E-state index in [4.69, 9.17) is 4.42 Å². The first-order chi connectivity index (χ1) is 12.1. The maximum Gasteiger partial charge on any atom is 0.287 e. The normalized spacial score (nSPS) is 10.7. The van der Waals surface area contributed by atoms with E-state index < -0.39 is 5.91 Å². The van der Waals surface area contributed by atoms with Crippen LogP contribution in [0.2, 0.25) is 0 Å². The Morgan fingerprint density at radius 2 is 1.72 bits per heavy atom. The number of furan rings is 1. The molecule has 0 spiro atoms. The van der Waals surface area contributed by atoms with Gasteiger partial charge >= 0.3 is 0 Å². The Kier molecular flexibility index (Phi) is 7.22. The van der Waals surface area contributed by atoms with E-state index in [0.29, 0.717) is 6.54 Å². The largest absolute Gasteiger partial charge is 0.459 e. The van der Waals surface area contributed by atoms with Crippen molar-refractivity contribution in [1.29, 1.82) is 0 Å². The maximum absolute atomic E-state index is 12.0. The number of hydrogen-bond acceptors (Lipinski definition) is 3. The van der Waals surface area contributed by atoms with Crippen LogP contribution in [0.15, 0.2) is 47.1 Å². The van der Waals surface area contributed by atoms with Crippen LogP contribution in [0.25, 0.3) is 0 Å². The number of benzene rings is 1. The Morgan fingerprint density at radius 1 is 1.00 bits per heavy atom. The van der Waals surface area contributed by atoms with E-state index in [9.17, 15) is 9.59 Å². The second-order valence-electron chi connectivity index (χ2n) is 5.84. The van der Waals surface area contributed by atoms with Gasteiger partial charge in [0.1, 0.15) is 6.54 Å². The summed E-state index contributed by atoms with van der Waals surface area (Å²) in [7, 11) is 0. The predicted molar refractivity (Wildman–Crippen MR) is 95.1 cm³/mol. The van der Waals surface area contributed by atoms with E-state index >= 15 is 0 Å². The van der Waals surface area contributed by atoms with Crippen LogP contribution in [0.4, 0.5) is 0 Å². The van der Waals surface area contributed by atoms with Gasteiger partial charge in [-0.1, -0.05) is 24.3 Å². The molecule has 0 bridgehead atoms. The molecule has 1 aromatic heterocycles. The first-order valence-corrected chi connectivity index (χ1v) is 8.62. The fraction of sp³-hybridized carbons (Fsp3) is 0.368. The van der Waals surface area contributed by atoms with Crippen molar-refractivity contribution in [2.45, 2.75) is 26.9 Å². The quantitative estimate of drug-likeness (QED) is 0.628. The Bertz CT molecular complexity index is 679. The molecule has 2 rings (SSSR count). The standard InChI is InChI=1S/C19H25N3O3/c1-3-22(4-2)14-16-9-6-5-8-15(16)12-20-18(23)13-21-19(24)17-10-7-11-25-17/h5-11H,3-4,12-14H2,1-2H3,(H,20,23)(H,21,24)/p+1. The lowest BCUT2D eigenvalue weighted by Crippen LogP contribution is -3.10. The Balaban J connectivity index is 1.84. The fourth-order valence-corrected chi connectivity index (χ4v) is 2.58. The number of amides is 2. The predicted octanol–water partition coefficient (Wildman–Crippen LogP) is 0.751. The first kappa shape index (κ1) is 18.7. The molecule has 0 aliphatic heterocycles. The lowest BCUT2D eigenvalue weighted by atomic mass is 10.1. The summed E-state index contributed by atoms with van der Waals surface area (Å²) >= 11 is 0. The van der Waals surface area contributed by atoms with Crippen molar-refractivity contribution in [3.8, 4) is 0 Å². The van der Waals surface area contributed by atoms with E-state index in [2.05, 4.69) is 30.5 Å². The van der Waals surface area contributed by atoms with Gasteiger partial charge in [0.05, 0.1) is 25.9 Å². The minimum absolute atomic E-state index is 0.0804. The summed E-state index contributed by atoms with van der Waals surface area (Å²) < 4.78 is 4.98. The number of quaternary nitrogens is 1. The third kappa shape index (κ3) is 5.76. The SMILES string of the molecule is CC[NH+](CC)Cc1ccccc1CNC(=O)CNC(=O)c1ccco1. The van der Waals surface area contributed by atoms with Crippen LogP contribution in [-0.4, -0.2) is 31.4 Å². The average Bonchev–Trinajstić information content (AvgIpc) is 3.18. The topological polar surface area (TPSA) is 75.8 Å². The highest BCUT2D eigenvalue weighted by Gasteiger charge is 2.12. The number of hydrogen-bond donors (Lipinski definition) is 3. The second-order valence-corrected chi connectivity index (χ2v) is 5.84.